The maximum atomic E-state index is 13.5. The number of hydrogen-bond donors (Lipinski definition) is 2. The molecule has 1 heterocycles. The zero-order chi connectivity index (χ0) is 11.2. The lowest BCUT2D eigenvalue weighted by molar-refractivity contribution is 0.268. The highest BCUT2D eigenvalue weighted by Crippen LogP contribution is 2.42. The summed E-state index contributed by atoms with van der Waals surface area (Å²) >= 11 is 0. The summed E-state index contributed by atoms with van der Waals surface area (Å²) in [5.74, 6) is -0.127. The van der Waals surface area contributed by atoms with Gasteiger partial charge in [0.1, 0.15) is 5.82 Å². The summed E-state index contributed by atoms with van der Waals surface area (Å²) < 4.78 is 13.5. The van der Waals surface area contributed by atoms with Crippen LogP contribution in [0.2, 0.25) is 0 Å². The van der Waals surface area contributed by atoms with Crippen LogP contribution in [-0.2, 0) is 0 Å². The van der Waals surface area contributed by atoms with E-state index in [9.17, 15) is 4.39 Å². The van der Waals surface area contributed by atoms with Crippen LogP contribution in [0.25, 0.3) is 0 Å². The maximum absolute atomic E-state index is 13.5. The average molecular weight is 220 g/mol. The Morgan fingerprint density at radius 3 is 2.69 bits per heavy atom. The fourth-order valence-corrected chi connectivity index (χ4v) is 2.69. The van der Waals surface area contributed by atoms with Gasteiger partial charge in [0.25, 0.3) is 0 Å². The molecule has 0 unspecified atom stereocenters. The lowest BCUT2D eigenvalue weighted by Crippen LogP contribution is -2.45. The van der Waals surface area contributed by atoms with Crippen molar-refractivity contribution in [3.63, 3.8) is 0 Å². The van der Waals surface area contributed by atoms with E-state index in [-0.39, 0.29) is 11.4 Å². The third-order valence-corrected chi connectivity index (χ3v) is 3.93. The second kappa shape index (κ2) is 3.37. The molecule has 1 aromatic carbocycles. The van der Waals surface area contributed by atoms with E-state index >= 15 is 0 Å². The molecule has 1 aliphatic heterocycles. The molecule has 3 rings (SSSR count). The Bertz CT molecular complexity index is 424. The first-order chi connectivity index (χ1) is 7.69. The van der Waals surface area contributed by atoms with Gasteiger partial charge in [0.15, 0.2) is 0 Å². The van der Waals surface area contributed by atoms with Crippen LogP contribution < -0.4 is 10.6 Å². The van der Waals surface area contributed by atoms with Gasteiger partial charge >= 0.3 is 0 Å². The number of halogens is 1. The molecular weight excluding hydrogens is 203 g/mol. The van der Waals surface area contributed by atoms with Gasteiger partial charge in [-0.1, -0.05) is 0 Å². The first-order valence-corrected chi connectivity index (χ1v) is 6.01. The van der Waals surface area contributed by atoms with E-state index in [1.165, 1.54) is 19.3 Å². The Kier molecular flexibility index (Phi) is 2.09. The van der Waals surface area contributed by atoms with Gasteiger partial charge < -0.3 is 10.6 Å². The van der Waals surface area contributed by atoms with Gasteiger partial charge in [-0.3, -0.25) is 0 Å². The number of fused-ring (bicyclic) bond motifs is 1. The zero-order valence-corrected chi connectivity index (χ0v) is 9.57. The van der Waals surface area contributed by atoms with Crippen LogP contribution >= 0.6 is 0 Å². The molecule has 1 aromatic rings. The van der Waals surface area contributed by atoms with Gasteiger partial charge in [-0.15, -0.1) is 0 Å². The molecule has 0 radical (unpaired) electrons. The van der Waals surface area contributed by atoms with Crippen molar-refractivity contribution < 1.29 is 4.39 Å². The van der Waals surface area contributed by atoms with Gasteiger partial charge in [-0.2, -0.15) is 0 Å². The predicted molar refractivity (Wildman–Crippen MR) is 64.4 cm³/mol. The minimum absolute atomic E-state index is 0.127. The summed E-state index contributed by atoms with van der Waals surface area (Å²) in [6, 6.07) is 3.53. The first kappa shape index (κ1) is 9.94. The third-order valence-electron chi connectivity index (χ3n) is 3.93. The van der Waals surface area contributed by atoms with Crippen molar-refractivity contribution in [2.45, 2.75) is 38.1 Å². The average Bonchev–Trinajstić information content (AvgIpc) is 2.38. The fourth-order valence-electron chi connectivity index (χ4n) is 2.69. The molecular formula is C13H17FN2. The molecule has 2 aliphatic rings. The largest absolute Gasteiger partial charge is 0.383 e. The Morgan fingerprint density at radius 2 is 2.00 bits per heavy atom. The molecule has 2 N–H and O–H groups in total. The summed E-state index contributed by atoms with van der Waals surface area (Å²) in [6.07, 6.45) is 4.92. The summed E-state index contributed by atoms with van der Waals surface area (Å²) in [4.78, 5) is 0. The molecule has 1 fully saturated rings. The second-order valence-electron chi connectivity index (χ2n) is 5.08. The highest BCUT2D eigenvalue weighted by atomic mass is 19.1. The van der Waals surface area contributed by atoms with Gasteiger partial charge in [0, 0.05) is 12.1 Å². The monoisotopic (exact) mass is 220 g/mol. The minimum Gasteiger partial charge on any atom is -0.383 e. The van der Waals surface area contributed by atoms with Crippen molar-refractivity contribution in [2.24, 2.45) is 0 Å². The Labute approximate surface area is 95.2 Å². The molecule has 0 aromatic heterocycles. The number of benzene rings is 1. The van der Waals surface area contributed by atoms with Crippen LogP contribution in [0.1, 0.15) is 31.2 Å². The number of nitrogens with one attached hydrogen (secondary N) is 2. The molecule has 0 atom stereocenters. The second-order valence-corrected chi connectivity index (χ2v) is 5.08. The summed E-state index contributed by atoms with van der Waals surface area (Å²) in [5.41, 5.74) is 2.97. The lowest BCUT2D eigenvalue weighted by atomic mass is 9.74. The fraction of sp³-hybridized carbons (Fsp3) is 0.538. The number of hydrogen-bond acceptors (Lipinski definition) is 2. The minimum atomic E-state index is -0.127. The van der Waals surface area contributed by atoms with Crippen LogP contribution in [0, 0.1) is 12.7 Å². The topological polar surface area (TPSA) is 24.1 Å². The molecule has 86 valence electrons. The molecule has 16 heavy (non-hydrogen) atoms. The van der Waals surface area contributed by atoms with Gasteiger partial charge in [-0.05, 0) is 50.3 Å². The van der Waals surface area contributed by atoms with Gasteiger partial charge in [-0.25, -0.2) is 4.39 Å². The van der Waals surface area contributed by atoms with Crippen LogP contribution in [0.5, 0.6) is 0 Å². The highest BCUT2D eigenvalue weighted by Gasteiger charge is 2.38. The highest BCUT2D eigenvalue weighted by molar-refractivity contribution is 5.72. The molecule has 1 spiro atoms. The first-order valence-electron chi connectivity index (χ1n) is 6.01. The third kappa shape index (κ3) is 1.46. The maximum Gasteiger partial charge on any atom is 0.128 e. The van der Waals surface area contributed by atoms with Crippen molar-refractivity contribution in [1.29, 1.82) is 0 Å². The normalized spacial score (nSPS) is 21.4. The van der Waals surface area contributed by atoms with Crippen LogP contribution in [0.3, 0.4) is 0 Å². The molecule has 0 amide bonds. The lowest BCUT2D eigenvalue weighted by Gasteiger charge is -2.42. The zero-order valence-electron chi connectivity index (χ0n) is 9.57. The van der Waals surface area contributed by atoms with E-state index in [1.54, 1.807) is 6.07 Å². The van der Waals surface area contributed by atoms with Crippen molar-refractivity contribution in [2.75, 3.05) is 17.2 Å². The SMILES string of the molecule is Cc1cc2c(cc1F)NCCC1(CCC1)N2. The standard InChI is InChI=1S/C13H17FN2/c1-9-7-12-11(8-10(9)14)15-6-5-13(16-12)3-2-4-13/h7-8,15-16H,2-6H2,1H3. The summed E-state index contributed by atoms with van der Waals surface area (Å²) in [5, 5.41) is 6.93. The van der Waals surface area contributed by atoms with Crippen molar-refractivity contribution in [3.8, 4) is 0 Å². The van der Waals surface area contributed by atoms with E-state index in [0.29, 0.717) is 5.56 Å². The molecule has 2 nitrogen and oxygen atoms in total. The molecule has 1 aliphatic carbocycles. The quantitative estimate of drug-likeness (QED) is 0.701. The van der Waals surface area contributed by atoms with E-state index in [1.807, 2.05) is 13.0 Å². The van der Waals surface area contributed by atoms with E-state index < -0.39 is 0 Å². The van der Waals surface area contributed by atoms with Crippen LogP contribution in [0.4, 0.5) is 15.8 Å². The Hall–Kier alpha value is -1.25. The number of anilines is 2. The number of aryl methyl sites for hydroxylation is 1. The molecule has 0 saturated heterocycles. The van der Waals surface area contributed by atoms with E-state index in [0.717, 1.165) is 24.3 Å². The van der Waals surface area contributed by atoms with Crippen molar-refractivity contribution in [1.82, 2.24) is 0 Å². The van der Waals surface area contributed by atoms with Gasteiger partial charge in [0.2, 0.25) is 0 Å². The van der Waals surface area contributed by atoms with E-state index in [2.05, 4.69) is 10.6 Å². The van der Waals surface area contributed by atoms with Crippen LogP contribution in [0.15, 0.2) is 12.1 Å². The summed E-state index contributed by atoms with van der Waals surface area (Å²) in [7, 11) is 0. The van der Waals surface area contributed by atoms with E-state index in [4.69, 9.17) is 0 Å². The molecule has 1 saturated carbocycles. The Morgan fingerprint density at radius 1 is 1.19 bits per heavy atom. The molecule has 3 heteroatoms. The predicted octanol–water partition coefficient (Wildman–Crippen LogP) is 3.28. The van der Waals surface area contributed by atoms with Gasteiger partial charge in [0.05, 0.1) is 11.4 Å². The summed E-state index contributed by atoms with van der Waals surface area (Å²) in [6.45, 7) is 2.75. The molecule has 0 bridgehead atoms. The number of rotatable bonds is 0. The van der Waals surface area contributed by atoms with Crippen molar-refractivity contribution in [3.05, 3.63) is 23.5 Å². The smallest absolute Gasteiger partial charge is 0.128 e. The van der Waals surface area contributed by atoms with Crippen molar-refractivity contribution >= 4 is 11.4 Å². The van der Waals surface area contributed by atoms with Crippen LogP contribution in [-0.4, -0.2) is 12.1 Å². The Balaban J connectivity index is 1.99.